The highest BCUT2D eigenvalue weighted by Crippen LogP contribution is 2.12. The van der Waals surface area contributed by atoms with Crippen molar-refractivity contribution < 1.29 is 8.42 Å². The van der Waals surface area contributed by atoms with Crippen LogP contribution in [-0.2, 0) is 9.84 Å². The van der Waals surface area contributed by atoms with Crippen molar-refractivity contribution in [3.05, 3.63) is 29.8 Å². The Labute approximate surface area is 109 Å². The van der Waals surface area contributed by atoms with Gasteiger partial charge in [-0.15, -0.1) is 0 Å². The van der Waals surface area contributed by atoms with Crippen LogP contribution in [-0.4, -0.2) is 27.3 Å². The second-order valence-corrected chi connectivity index (χ2v) is 6.67. The van der Waals surface area contributed by atoms with E-state index >= 15 is 0 Å². The molecule has 0 atom stereocenters. The number of sulfone groups is 1. The van der Waals surface area contributed by atoms with Crippen molar-refractivity contribution in [1.82, 2.24) is 5.32 Å². The normalized spacial score (nSPS) is 11.4. The molecule has 0 radical (unpaired) electrons. The molecule has 0 amide bonds. The van der Waals surface area contributed by atoms with Crippen molar-refractivity contribution in [3.63, 3.8) is 0 Å². The van der Waals surface area contributed by atoms with E-state index in [4.69, 9.17) is 5.26 Å². The monoisotopic (exact) mass is 266 g/mol. The smallest absolute Gasteiger partial charge is 0.179 e. The van der Waals surface area contributed by atoms with Gasteiger partial charge in [0.05, 0.1) is 22.3 Å². The van der Waals surface area contributed by atoms with Crippen molar-refractivity contribution in [2.45, 2.75) is 18.7 Å². The molecule has 0 aliphatic heterocycles. The summed E-state index contributed by atoms with van der Waals surface area (Å²) in [6.45, 7) is 5.36. The Morgan fingerprint density at radius 2 is 2.11 bits per heavy atom. The maximum atomic E-state index is 12.0. The molecule has 1 aromatic rings. The number of nitrogens with zero attached hydrogens (tertiary/aromatic N) is 1. The standard InChI is InChI=1S/C13H18N2O2S/c1-11(2)10-15-6-7-18(16,17)13-5-3-4-12(8-13)9-14/h3-5,8,11,15H,6-7,10H2,1-2H3. The highest BCUT2D eigenvalue weighted by Gasteiger charge is 2.14. The zero-order valence-corrected chi connectivity index (χ0v) is 11.5. The summed E-state index contributed by atoms with van der Waals surface area (Å²) in [5.74, 6) is 0.545. The van der Waals surface area contributed by atoms with Gasteiger partial charge in [0, 0.05) is 6.54 Å². The first-order valence-electron chi connectivity index (χ1n) is 5.89. The van der Waals surface area contributed by atoms with E-state index in [1.807, 2.05) is 6.07 Å². The summed E-state index contributed by atoms with van der Waals surface area (Å²) < 4.78 is 24.0. The van der Waals surface area contributed by atoms with Crippen LogP contribution in [0.2, 0.25) is 0 Å². The molecule has 0 aromatic heterocycles. The topological polar surface area (TPSA) is 70.0 Å². The van der Waals surface area contributed by atoms with Crippen LogP contribution in [0.3, 0.4) is 0 Å². The predicted octanol–water partition coefficient (Wildman–Crippen LogP) is 1.58. The fraction of sp³-hybridized carbons (Fsp3) is 0.462. The Kier molecular flexibility index (Phi) is 5.32. The number of hydrogen-bond donors (Lipinski definition) is 1. The zero-order valence-electron chi connectivity index (χ0n) is 10.7. The summed E-state index contributed by atoms with van der Waals surface area (Å²) in [4.78, 5) is 0.216. The summed E-state index contributed by atoms with van der Waals surface area (Å²) >= 11 is 0. The molecular formula is C13H18N2O2S. The quantitative estimate of drug-likeness (QED) is 0.794. The lowest BCUT2D eigenvalue weighted by Crippen LogP contribution is -2.26. The minimum Gasteiger partial charge on any atom is -0.315 e. The highest BCUT2D eigenvalue weighted by molar-refractivity contribution is 7.91. The highest BCUT2D eigenvalue weighted by atomic mass is 32.2. The molecule has 0 bridgehead atoms. The van der Waals surface area contributed by atoms with Gasteiger partial charge in [-0.25, -0.2) is 8.42 Å². The van der Waals surface area contributed by atoms with Crippen molar-refractivity contribution in [2.75, 3.05) is 18.8 Å². The number of nitriles is 1. The molecule has 0 unspecified atom stereocenters. The van der Waals surface area contributed by atoms with E-state index in [2.05, 4.69) is 19.2 Å². The van der Waals surface area contributed by atoms with Crippen LogP contribution < -0.4 is 5.32 Å². The Hall–Kier alpha value is -1.38. The lowest BCUT2D eigenvalue weighted by atomic mass is 10.2. The number of hydrogen-bond acceptors (Lipinski definition) is 4. The molecule has 98 valence electrons. The SMILES string of the molecule is CC(C)CNCCS(=O)(=O)c1cccc(C#N)c1. The molecule has 0 saturated carbocycles. The van der Waals surface area contributed by atoms with E-state index in [0.29, 0.717) is 18.0 Å². The molecule has 0 aliphatic carbocycles. The van der Waals surface area contributed by atoms with E-state index in [-0.39, 0.29) is 10.6 Å². The van der Waals surface area contributed by atoms with Gasteiger partial charge in [-0.3, -0.25) is 0 Å². The summed E-state index contributed by atoms with van der Waals surface area (Å²) in [6.07, 6.45) is 0. The first kappa shape index (κ1) is 14.7. The Balaban J connectivity index is 2.66. The number of rotatable bonds is 6. The van der Waals surface area contributed by atoms with E-state index in [0.717, 1.165) is 6.54 Å². The Morgan fingerprint density at radius 1 is 1.39 bits per heavy atom. The van der Waals surface area contributed by atoms with Gasteiger partial charge >= 0.3 is 0 Å². The third-order valence-electron chi connectivity index (χ3n) is 2.42. The third kappa shape index (κ3) is 4.47. The third-order valence-corrected chi connectivity index (χ3v) is 4.14. The number of nitrogens with one attached hydrogen (secondary N) is 1. The minimum absolute atomic E-state index is 0.0502. The number of benzene rings is 1. The molecule has 1 rings (SSSR count). The zero-order chi connectivity index (χ0) is 13.6. The summed E-state index contributed by atoms with van der Waals surface area (Å²) in [6, 6.07) is 8.07. The van der Waals surface area contributed by atoms with Crippen molar-refractivity contribution in [1.29, 1.82) is 5.26 Å². The second-order valence-electron chi connectivity index (χ2n) is 4.56. The van der Waals surface area contributed by atoms with Crippen LogP contribution in [0, 0.1) is 17.2 Å². The molecule has 0 heterocycles. The van der Waals surface area contributed by atoms with Crippen molar-refractivity contribution in [3.8, 4) is 6.07 Å². The van der Waals surface area contributed by atoms with E-state index in [9.17, 15) is 8.42 Å². The molecule has 4 nitrogen and oxygen atoms in total. The molecule has 0 aliphatic rings. The summed E-state index contributed by atoms with van der Waals surface area (Å²) in [7, 11) is -3.30. The van der Waals surface area contributed by atoms with Gasteiger partial charge in [0.1, 0.15) is 0 Å². The van der Waals surface area contributed by atoms with Crippen LogP contribution in [0.5, 0.6) is 0 Å². The predicted molar refractivity (Wildman–Crippen MR) is 70.9 cm³/mol. The molecule has 0 spiro atoms. The van der Waals surface area contributed by atoms with Gasteiger partial charge in [-0.05, 0) is 30.7 Å². The average Bonchev–Trinajstić information content (AvgIpc) is 2.34. The lowest BCUT2D eigenvalue weighted by molar-refractivity contribution is 0.557. The van der Waals surface area contributed by atoms with Crippen molar-refractivity contribution in [2.24, 2.45) is 5.92 Å². The fourth-order valence-corrected chi connectivity index (χ4v) is 2.72. The average molecular weight is 266 g/mol. The van der Waals surface area contributed by atoms with Gasteiger partial charge in [-0.2, -0.15) is 5.26 Å². The maximum absolute atomic E-state index is 12.0. The second kappa shape index (κ2) is 6.53. The van der Waals surface area contributed by atoms with Crippen LogP contribution in [0.15, 0.2) is 29.2 Å². The Bertz CT molecular complexity index is 530. The van der Waals surface area contributed by atoms with Gasteiger partial charge in [0.2, 0.25) is 0 Å². The molecule has 5 heteroatoms. The molecule has 0 saturated heterocycles. The van der Waals surface area contributed by atoms with Crippen molar-refractivity contribution >= 4 is 9.84 Å². The molecule has 18 heavy (non-hydrogen) atoms. The van der Waals surface area contributed by atoms with Gasteiger partial charge in [-0.1, -0.05) is 19.9 Å². The van der Waals surface area contributed by atoms with Crippen LogP contribution in [0.25, 0.3) is 0 Å². The largest absolute Gasteiger partial charge is 0.315 e. The Morgan fingerprint density at radius 3 is 2.72 bits per heavy atom. The molecule has 1 N–H and O–H groups in total. The van der Waals surface area contributed by atoms with E-state index < -0.39 is 9.84 Å². The van der Waals surface area contributed by atoms with Crippen LogP contribution >= 0.6 is 0 Å². The van der Waals surface area contributed by atoms with Gasteiger partial charge in [0.15, 0.2) is 9.84 Å². The molecule has 1 aromatic carbocycles. The van der Waals surface area contributed by atoms with E-state index in [1.54, 1.807) is 12.1 Å². The molecule has 0 fully saturated rings. The van der Waals surface area contributed by atoms with Gasteiger partial charge < -0.3 is 5.32 Å². The lowest BCUT2D eigenvalue weighted by Gasteiger charge is -2.08. The summed E-state index contributed by atoms with van der Waals surface area (Å²) in [5.41, 5.74) is 0.367. The van der Waals surface area contributed by atoms with Crippen LogP contribution in [0.4, 0.5) is 0 Å². The van der Waals surface area contributed by atoms with E-state index in [1.165, 1.54) is 12.1 Å². The minimum atomic E-state index is -3.30. The first-order valence-corrected chi connectivity index (χ1v) is 7.54. The molecular weight excluding hydrogens is 248 g/mol. The van der Waals surface area contributed by atoms with Crippen LogP contribution in [0.1, 0.15) is 19.4 Å². The first-order chi connectivity index (χ1) is 8.45. The maximum Gasteiger partial charge on any atom is 0.179 e. The fourth-order valence-electron chi connectivity index (χ4n) is 1.47. The summed E-state index contributed by atoms with van der Waals surface area (Å²) in [5, 5.41) is 11.8. The van der Waals surface area contributed by atoms with Gasteiger partial charge in [0.25, 0.3) is 0 Å².